The second kappa shape index (κ2) is 8.69. The van der Waals surface area contributed by atoms with Gasteiger partial charge in [-0.3, -0.25) is 9.69 Å². The summed E-state index contributed by atoms with van der Waals surface area (Å²) in [5, 5.41) is 14.6. The summed E-state index contributed by atoms with van der Waals surface area (Å²) in [7, 11) is 0. The molecule has 1 saturated heterocycles. The van der Waals surface area contributed by atoms with Crippen molar-refractivity contribution >= 4 is 16.9 Å². The minimum atomic E-state index is -0.372. The lowest BCUT2D eigenvalue weighted by molar-refractivity contribution is -0.127. The van der Waals surface area contributed by atoms with Gasteiger partial charge >= 0.3 is 0 Å². The number of benzene rings is 1. The van der Waals surface area contributed by atoms with Crippen LogP contribution in [0.25, 0.3) is 11.0 Å². The van der Waals surface area contributed by atoms with Crippen LogP contribution in [0, 0.1) is 5.92 Å². The minimum absolute atomic E-state index is 0.00221. The van der Waals surface area contributed by atoms with Crippen LogP contribution >= 0.6 is 0 Å². The number of nitrogens with one attached hydrogen (secondary N) is 2. The van der Waals surface area contributed by atoms with Gasteiger partial charge in [0.05, 0.1) is 17.6 Å². The molecule has 9 nitrogen and oxygen atoms in total. The second-order valence-electron chi connectivity index (χ2n) is 7.88. The number of tetrazole rings is 1. The quantitative estimate of drug-likeness (QED) is 0.632. The highest BCUT2D eigenvalue weighted by atomic mass is 16.2. The van der Waals surface area contributed by atoms with E-state index in [1.165, 1.54) is 6.33 Å². The van der Waals surface area contributed by atoms with E-state index in [0.29, 0.717) is 0 Å². The normalized spacial score (nSPS) is 18.0. The maximum absolute atomic E-state index is 12.9. The third-order valence-corrected chi connectivity index (χ3v) is 5.85. The fraction of sp³-hybridized carbons (Fsp3) is 0.550. The van der Waals surface area contributed by atoms with E-state index in [1.807, 2.05) is 24.3 Å². The number of H-pyrrole nitrogens is 1. The van der Waals surface area contributed by atoms with Gasteiger partial charge in [-0.1, -0.05) is 32.4 Å². The summed E-state index contributed by atoms with van der Waals surface area (Å²) < 4.78 is 1.57. The van der Waals surface area contributed by atoms with E-state index in [2.05, 4.69) is 49.6 Å². The van der Waals surface area contributed by atoms with Gasteiger partial charge in [0.15, 0.2) is 0 Å². The molecule has 1 aliphatic rings. The van der Waals surface area contributed by atoms with Gasteiger partial charge in [0.1, 0.15) is 18.2 Å². The van der Waals surface area contributed by atoms with Crippen LogP contribution in [0.4, 0.5) is 0 Å². The first-order valence-electron chi connectivity index (χ1n) is 10.3. The topological polar surface area (TPSA) is 105 Å². The monoisotopic (exact) mass is 396 g/mol. The lowest BCUT2D eigenvalue weighted by atomic mass is 9.97. The lowest BCUT2D eigenvalue weighted by Gasteiger charge is -2.33. The number of imidazole rings is 1. The van der Waals surface area contributed by atoms with Crippen molar-refractivity contribution in [3.63, 3.8) is 0 Å². The highest BCUT2D eigenvalue weighted by molar-refractivity contribution is 5.80. The van der Waals surface area contributed by atoms with Crippen molar-refractivity contribution in [1.29, 1.82) is 0 Å². The summed E-state index contributed by atoms with van der Waals surface area (Å²) in [5.41, 5.74) is 2.08. The van der Waals surface area contributed by atoms with E-state index in [0.717, 1.165) is 55.8 Å². The van der Waals surface area contributed by atoms with Gasteiger partial charge < -0.3 is 10.3 Å². The van der Waals surface area contributed by atoms with Gasteiger partial charge in [-0.05, 0) is 41.3 Å². The predicted molar refractivity (Wildman–Crippen MR) is 109 cm³/mol. The van der Waals surface area contributed by atoms with Crippen LogP contribution in [0.15, 0.2) is 30.6 Å². The molecule has 2 atom stereocenters. The Hall–Kier alpha value is -2.81. The van der Waals surface area contributed by atoms with Crippen molar-refractivity contribution in [2.45, 2.75) is 51.7 Å². The van der Waals surface area contributed by atoms with Crippen molar-refractivity contribution in [2.75, 3.05) is 13.1 Å². The fourth-order valence-corrected chi connectivity index (χ4v) is 3.97. The van der Waals surface area contributed by atoms with Crippen LogP contribution in [0.3, 0.4) is 0 Å². The average molecular weight is 396 g/mol. The zero-order valence-electron chi connectivity index (χ0n) is 17.0. The van der Waals surface area contributed by atoms with Gasteiger partial charge in [0, 0.05) is 19.1 Å². The SMILES string of the molecule is CC[C@H](C)[C@@H](C(=O)NC1CCN(Cc2nc3ccccc3[nH]2)CC1)n1cnnn1. The van der Waals surface area contributed by atoms with Crippen LogP contribution in [0.5, 0.6) is 0 Å². The lowest BCUT2D eigenvalue weighted by Crippen LogP contribution is -2.47. The van der Waals surface area contributed by atoms with Crippen LogP contribution in [-0.2, 0) is 11.3 Å². The van der Waals surface area contributed by atoms with Crippen LogP contribution in [-0.4, -0.2) is 60.1 Å². The smallest absolute Gasteiger partial charge is 0.245 e. The maximum Gasteiger partial charge on any atom is 0.245 e. The first-order chi connectivity index (χ1) is 14.1. The fourth-order valence-electron chi connectivity index (χ4n) is 3.97. The first kappa shape index (κ1) is 19.5. The zero-order valence-corrected chi connectivity index (χ0v) is 17.0. The second-order valence-corrected chi connectivity index (χ2v) is 7.88. The molecule has 0 radical (unpaired) electrons. The Morgan fingerprint density at radius 3 is 2.79 bits per heavy atom. The van der Waals surface area contributed by atoms with Gasteiger partial charge in [-0.25, -0.2) is 9.67 Å². The van der Waals surface area contributed by atoms with E-state index >= 15 is 0 Å². The van der Waals surface area contributed by atoms with Crippen molar-refractivity contribution in [3.05, 3.63) is 36.4 Å². The molecule has 0 spiro atoms. The van der Waals surface area contributed by atoms with E-state index in [-0.39, 0.29) is 23.9 Å². The van der Waals surface area contributed by atoms with Crippen LogP contribution in [0.2, 0.25) is 0 Å². The highest BCUT2D eigenvalue weighted by Gasteiger charge is 2.30. The minimum Gasteiger partial charge on any atom is -0.351 e. The molecule has 29 heavy (non-hydrogen) atoms. The summed E-state index contributed by atoms with van der Waals surface area (Å²) >= 11 is 0. The standard InChI is InChI=1S/C20H28N8O/c1-3-14(2)19(28-13-21-25-26-28)20(29)22-15-8-10-27(11-9-15)12-18-23-16-6-4-5-7-17(16)24-18/h4-7,13-15,19H,3,8-12H2,1-2H3,(H,22,29)(H,23,24)/t14-,19-/m0/s1. The van der Waals surface area contributed by atoms with E-state index in [1.54, 1.807) is 4.68 Å². The maximum atomic E-state index is 12.9. The number of piperidine rings is 1. The Labute approximate surface area is 169 Å². The van der Waals surface area contributed by atoms with Gasteiger partial charge in [-0.2, -0.15) is 0 Å². The Kier molecular flexibility index (Phi) is 5.84. The molecule has 0 unspecified atom stereocenters. The molecule has 3 aromatic rings. The van der Waals surface area contributed by atoms with Crippen molar-refractivity contribution in [2.24, 2.45) is 5.92 Å². The van der Waals surface area contributed by atoms with Crippen LogP contribution < -0.4 is 5.32 Å². The molecule has 2 N–H and O–H groups in total. The predicted octanol–water partition coefficient (Wildman–Crippen LogP) is 1.92. The number of rotatable bonds is 7. The molecule has 1 amide bonds. The number of para-hydroxylation sites is 2. The van der Waals surface area contributed by atoms with E-state index < -0.39 is 0 Å². The molecule has 2 aromatic heterocycles. The number of aromatic nitrogens is 6. The first-order valence-corrected chi connectivity index (χ1v) is 10.3. The van der Waals surface area contributed by atoms with Gasteiger partial charge in [0.25, 0.3) is 0 Å². The number of likely N-dealkylation sites (tertiary alicyclic amines) is 1. The summed E-state index contributed by atoms with van der Waals surface area (Å²) in [4.78, 5) is 23.4. The number of fused-ring (bicyclic) bond motifs is 1. The third kappa shape index (κ3) is 4.45. The molecular formula is C20H28N8O. The Balaban J connectivity index is 1.31. The Bertz CT molecular complexity index is 896. The molecule has 1 aromatic carbocycles. The molecule has 3 heterocycles. The summed E-state index contributed by atoms with van der Waals surface area (Å²) in [6, 6.07) is 7.89. The number of aromatic amines is 1. The van der Waals surface area contributed by atoms with Crippen molar-refractivity contribution in [1.82, 2.24) is 40.4 Å². The van der Waals surface area contributed by atoms with E-state index in [4.69, 9.17) is 0 Å². The largest absolute Gasteiger partial charge is 0.351 e. The molecule has 0 aliphatic carbocycles. The van der Waals surface area contributed by atoms with Gasteiger partial charge in [-0.15, -0.1) is 5.10 Å². The third-order valence-electron chi connectivity index (χ3n) is 5.85. The number of hydrogen-bond acceptors (Lipinski definition) is 6. The molecule has 9 heteroatoms. The molecule has 154 valence electrons. The Morgan fingerprint density at radius 1 is 1.31 bits per heavy atom. The number of amides is 1. The molecule has 0 saturated carbocycles. The number of nitrogens with zero attached hydrogens (tertiary/aromatic N) is 6. The van der Waals surface area contributed by atoms with Crippen LogP contribution in [0.1, 0.15) is 45.0 Å². The zero-order chi connectivity index (χ0) is 20.2. The molecule has 4 rings (SSSR count). The number of hydrogen-bond donors (Lipinski definition) is 2. The Morgan fingerprint density at radius 2 is 2.10 bits per heavy atom. The number of carbonyl (C=O) groups excluding carboxylic acids is 1. The molecule has 0 bridgehead atoms. The van der Waals surface area contributed by atoms with Crippen molar-refractivity contribution in [3.8, 4) is 0 Å². The number of carbonyl (C=O) groups is 1. The van der Waals surface area contributed by atoms with E-state index in [9.17, 15) is 4.79 Å². The summed E-state index contributed by atoms with van der Waals surface area (Å²) in [6.45, 7) is 6.80. The average Bonchev–Trinajstić information content (AvgIpc) is 3.39. The molecule has 1 aliphatic heterocycles. The molecule has 1 fully saturated rings. The van der Waals surface area contributed by atoms with Crippen molar-refractivity contribution < 1.29 is 4.79 Å². The highest BCUT2D eigenvalue weighted by Crippen LogP contribution is 2.21. The molecular weight excluding hydrogens is 368 g/mol. The summed E-state index contributed by atoms with van der Waals surface area (Å²) in [6.07, 6.45) is 4.25. The summed E-state index contributed by atoms with van der Waals surface area (Å²) in [5.74, 6) is 1.15. The van der Waals surface area contributed by atoms with Gasteiger partial charge in [0.2, 0.25) is 5.91 Å².